The fraction of sp³-hybridized carbons (Fsp3) is 0.267. The molecule has 0 saturated heterocycles. The second-order valence-electron chi connectivity index (χ2n) is 4.72. The Kier molecular flexibility index (Phi) is 4.22. The van der Waals surface area contributed by atoms with Crippen molar-refractivity contribution in [1.29, 1.82) is 0 Å². The van der Waals surface area contributed by atoms with E-state index in [1.165, 1.54) is 12.3 Å². The maximum atomic E-state index is 13.7. The predicted molar refractivity (Wildman–Crippen MR) is 71.6 cm³/mol. The number of pyridine rings is 1. The van der Waals surface area contributed by atoms with Crippen LogP contribution in [0.4, 0.5) is 8.78 Å². The van der Waals surface area contributed by atoms with E-state index in [9.17, 15) is 8.78 Å². The number of halogens is 2. The molecule has 1 N–H and O–H groups in total. The lowest BCUT2D eigenvalue weighted by Gasteiger charge is -2.09. The third kappa shape index (κ3) is 3.35. The van der Waals surface area contributed by atoms with Crippen molar-refractivity contribution in [3.8, 4) is 11.1 Å². The summed E-state index contributed by atoms with van der Waals surface area (Å²) in [6.07, 6.45) is 3.26. The van der Waals surface area contributed by atoms with E-state index in [1.807, 2.05) is 19.9 Å². The molecule has 2 nitrogen and oxygen atoms in total. The first-order valence-electron chi connectivity index (χ1n) is 6.19. The van der Waals surface area contributed by atoms with Gasteiger partial charge in [-0.2, -0.15) is 0 Å². The second-order valence-corrected chi connectivity index (χ2v) is 4.72. The minimum atomic E-state index is -0.844. The SMILES string of the molecule is CC(C)NCc1cncc(-c2cccc(F)c2F)c1. The number of benzene rings is 1. The molecule has 0 aliphatic rings. The topological polar surface area (TPSA) is 24.9 Å². The highest BCUT2D eigenvalue weighted by atomic mass is 19.2. The van der Waals surface area contributed by atoms with Crippen LogP contribution in [0.2, 0.25) is 0 Å². The molecule has 1 heterocycles. The molecule has 0 atom stereocenters. The number of nitrogens with one attached hydrogen (secondary N) is 1. The van der Waals surface area contributed by atoms with Gasteiger partial charge < -0.3 is 5.32 Å². The van der Waals surface area contributed by atoms with E-state index in [-0.39, 0.29) is 5.56 Å². The molecule has 0 saturated carbocycles. The highest BCUT2D eigenvalue weighted by molar-refractivity contribution is 5.63. The highest BCUT2D eigenvalue weighted by Crippen LogP contribution is 2.24. The van der Waals surface area contributed by atoms with Crippen molar-refractivity contribution in [3.05, 3.63) is 53.9 Å². The zero-order valence-corrected chi connectivity index (χ0v) is 11.0. The van der Waals surface area contributed by atoms with Crippen LogP contribution in [0.15, 0.2) is 36.7 Å². The molecule has 0 fully saturated rings. The normalized spacial score (nSPS) is 11.0. The minimum absolute atomic E-state index is 0.235. The predicted octanol–water partition coefficient (Wildman–Crippen LogP) is 3.52. The van der Waals surface area contributed by atoms with E-state index in [4.69, 9.17) is 0 Å². The summed E-state index contributed by atoms with van der Waals surface area (Å²) >= 11 is 0. The van der Waals surface area contributed by atoms with Crippen LogP contribution in [0.1, 0.15) is 19.4 Å². The first kappa shape index (κ1) is 13.6. The summed E-state index contributed by atoms with van der Waals surface area (Å²) in [5.74, 6) is -1.68. The average Bonchev–Trinajstić information content (AvgIpc) is 2.40. The van der Waals surface area contributed by atoms with Crippen LogP contribution < -0.4 is 5.32 Å². The van der Waals surface area contributed by atoms with Gasteiger partial charge in [0.15, 0.2) is 11.6 Å². The van der Waals surface area contributed by atoms with Crippen LogP contribution in [-0.2, 0) is 6.54 Å². The fourth-order valence-electron chi connectivity index (χ4n) is 1.78. The molecular weight excluding hydrogens is 246 g/mol. The Morgan fingerprint density at radius 2 is 2.00 bits per heavy atom. The smallest absolute Gasteiger partial charge is 0.166 e. The van der Waals surface area contributed by atoms with Gasteiger partial charge in [-0.1, -0.05) is 26.0 Å². The van der Waals surface area contributed by atoms with Crippen LogP contribution in [-0.4, -0.2) is 11.0 Å². The monoisotopic (exact) mass is 262 g/mol. The number of hydrogen-bond acceptors (Lipinski definition) is 2. The molecule has 0 aliphatic heterocycles. The van der Waals surface area contributed by atoms with Gasteiger partial charge in [0.25, 0.3) is 0 Å². The Morgan fingerprint density at radius 3 is 2.74 bits per heavy atom. The molecule has 100 valence electrons. The first-order chi connectivity index (χ1) is 9.08. The number of hydrogen-bond donors (Lipinski definition) is 1. The molecular formula is C15H16F2N2. The van der Waals surface area contributed by atoms with Crippen LogP contribution in [0, 0.1) is 11.6 Å². The van der Waals surface area contributed by atoms with Crippen molar-refractivity contribution >= 4 is 0 Å². The lowest BCUT2D eigenvalue weighted by atomic mass is 10.1. The largest absolute Gasteiger partial charge is 0.310 e. The summed E-state index contributed by atoms with van der Waals surface area (Å²) < 4.78 is 26.9. The molecule has 1 aromatic carbocycles. The zero-order valence-electron chi connectivity index (χ0n) is 11.0. The van der Waals surface area contributed by atoms with Crippen LogP contribution in [0.3, 0.4) is 0 Å². The van der Waals surface area contributed by atoms with E-state index in [1.54, 1.807) is 12.3 Å². The van der Waals surface area contributed by atoms with Gasteiger partial charge in [0, 0.05) is 36.1 Å². The quantitative estimate of drug-likeness (QED) is 0.911. The maximum Gasteiger partial charge on any atom is 0.166 e. The standard InChI is InChI=1S/C15H16F2N2/c1-10(2)19-8-11-6-12(9-18-7-11)13-4-3-5-14(16)15(13)17/h3-7,9-10,19H,8H2,1-2H3. The molecule has 2 aromatic rings. The molecule has 0 unspecified atom stereocenters. The Hall–Kier alpha value is -1.81. The Balaban J connectivity index is 2.30. The molecule has 4 heteroatoms. The third-order valence-electron chi connectivity index (χ3n) is 2.77. The molecule has 0 aliphatic carbocycles. The molecule has 0 amide bonds. The summed E-state index contributed by atoms with van der Waals surface area (Å²) in [5.41, 5.74) is 1.76. The molecule has 0 spiro atoms. The maximum absolute atomic E-state index is 13.7. The van der Waals surface area contributed by atoms with E-state index in [2.05, 4.69) is 10.3 Å². The van der Waals surface area contributed by atoms with Crippen molar-refractivity contribution in [3.63, 3.8) is 0 Å². The average molecular weight is 262 g/mol. The Morgan fingerprint density at radius 1 is 1.21 bits per heavy atom. The van der Waals surface area contributed by atoms with Crippen LogP contribution in [0.5, 0.6) is 0 Å². The fourth-order valence-corrected chi connectivity index (χ4v) is 1.78. The summed E-state index contributed by atoms with van der Waals surface area (Å²) in [5, 5.41) is 3.26. The number of aromatic nitrogens is 1. The van der Waals surface area contributed by atoms with Gasteiger partial charge in [-0.3, -0.25) is 4.98 Å². The van der Waals surface area contributed by atoms with Crippen LogP contribution >= 0.6 is 0 Å². The summed E-state index contributed by atoms with van der Waals surface area (Å²) in [6.45, 7) is 4.74. The molecule has 0 radical (unpaired) electrons. The van der Waals surface area contributed by atoms with Gasteiger partial charge in [0.2, 0.25) is 0 Å². The van der Waals surface area contributed by atoms with Gasteiger partial charge in [-0.25, -0.2) is 8.78 Å². The van der Waals surface area contributed by atoms with E-state index in [0.29, 0.717) is 18.2 Å². The first-order valence-corrected chi connectivity index (χ1v) is 6.19. The van der Waals surface area contributed by atoms with Crippen molar-refractivity contribution in [2.45, 2.75) is 26.4 Å². The molecule has 19 heavy (non-hydrogen) atoms. The van der Waals surface area contributed by atoms with E-state index >= 15 is 0 Å². The van der Waals surface area contributed by atoms with Gasteiger partial charge in [0.05, 0.1) is 0 Å². The molecule has 2 rings (SSSR count). The van der Waals surface area contributed by atoms with Crippen molar-refractivity contribution in [2.24, 2.45) is 0 Å². The minimum Gasteiger partial charge on any atom is -0.310 e. The summed E-state index contributed by atoms with van der Waals surface area (Å²) in [4.78, 5) is 4.08. The van der Waals surface area contributed by atoms with Gasteiger partial charge >= 0.3 is 0 Å². The Bertz CT molecular complexity index is 568. The molecule has 1 aromatic heterocycles. The zero-order chi connectivity index (χ0) is 13.8. The van der Waals surface area contributed by atoms with Crippen molar-refractivity contribution < 1.29 is 8.78 Å². The van der Waals surface area contributed by atoms with E-state index < -0.39 is 11.6 Å². The summed E-state index contributed by atoms with van der Waals surface area (Å²) in [6, 6.07) is 6.33. The van der Waals surface area contributed by atoms with E-state index in [0.717, 1.165) is 11.6 Å². The van der Waals surface area contributed by atoms with Crippen LogP contribution in [0.25, 0.3) is 11.1 Å². The lowest BCUT2D eigenvalue weighted by Crippen LogP contribution is -2.21. The van der Waals surface area contributed by atoms with Gasteiger partial charge in [0.1, 0.15) is 0 Å². The van der Waals surface area contributed by atoms with Gasteiger partial charge in [-0.15, -0.1) is 0 Å². The van der Waals surface area contributed by atoms with Crippen molar-refractivity contribution in [2.75, 3.05) is 0 Å². The third-order valence-corrected chi connectivity index (χ3v) is 2.77. The highest BCUT2D eigenvalue weighted by Gasteiger charge is 2.10. The Labute approximate surface area is 111 Å². The number of nitrogens with zero attached hydrogens (tertiary/aromatic N) is 1. The number of rotatable bonds is 4. The van der Waals surface area contributed by atoms with Gasteiger partial charge in [-0.05, 0) is 17.7 Å². The molecule has 0 bridgehead atoms. The lowest BCUT2D eigenvalue weighted by molar-refractivity contribution is 0.511. The summed E-state index contributed by atoms with van der Waals surface area (Å²) in [7, 11) is 0. The second kappa shape index (κ2) is 5.89. The van der Waals surface area contributed by atoms with Crippen molar-refractivity contribution in [1.82, 2.24) is 10.3 Å².